The first-order chi connectivity index (χ1) is 16.6. The highest BCUT2D eigenvalue weighted by molar-refractivity contribution is 5.94. The molecule has 0 bridgehead atoms. The number of hydrogen-bond donors (Lipinski definition) is 1. The first-order valence-corrected chi connectivity index (χ1v) is 11.5. The van der Waals surface area contributed by atoms with Gasteiger partial charge in [-0.2, -0.15) is 0 Å². The monoisotopic (exact) mass is 458 g/mol. The van der Waals surface area contributed by atoms with Crippen molar-refractivity contribution in [2.24, 2.45) is 0 Å². The minimum Gasteiger partial charge on any atom is -0.497 e. The van der Waals surface area contributed by atoms with Crippen LogP contribution >= 0.6 is 0 Å². The summed E-state index contributed by atoms with van der Waals surface area (Å²) < 4.78 is 10.5. The molecule has 0 spiro atoms. The second kappa shape index (κ2) is 10.9. The summed E-state index contributed by atoms with van der Waals surface area (Å²) in [6.07, 6.45) is 2.18. The molecule has 176 valence electrons. The lowest BCUT2D eigenvalue weighted by Crippen LogP contribution is -2.30. The quantitative estimate of drug-likeness (QED) is 0.511. The van der Waals surface area contributed by atoms with Gasteiger partial charge < -0.3 is 19.7 Å². The van der Waals surface area contributed by atoms with Crippen LogP contribution in [0.1, 0.15) is 45.9 Å². The number of likely N-dealkylation sites (tertiary alicyclic amines) is 1. The maximum Gasteiger partial charge on any atom is 0.251 e. The molecule has 6 heteroatoms. The van der Waals surface area contributed by atoms with Crippen LogP contribution in [0.15, 0.2) is 72.8 Å². The van der Waals surface area contributed by atoms with Gasteiger partial charge in [-0.1, -0.05) is 36.4 Å². The summed E-state index contributed by atoms with van der Waals surface area (Å²) in [5.74, 6) is 1.62. The lowest BCUT2D eigenvalue weighted by Gasteiger charge is -2.20. The minimum absolute atomic E-state index is 0.141. The average molecular weight is 459 g/mol. The van der Waals surface area contributed by atoms with Gasteiger partial charge in [-0.3, -0.25) is 9.59 Å². The molecule has 0 radical (unpaired) electrons. The molecule has 1 aliphatic rings. The van der Waals surface area contributed by atoms with Crippen molar-refractivity contribution >= 4 is 11.8 Å². The Morgan fingerprint density at radius 3 is 2.03 bits per heavy atom. The summed E-state index contributed by atoms with van der Waals surface area (Å²) in [7, 11) is 3.28. The third-order valence-corrected chi connectivity index (χ3v) is 6.18. The number of rotatable bonds is 9. The molecule has 3 aromatic rings. The van der Waals surface area contributed by atoms with E-state index in [0.29, 0.717) is 24.9 Å². The fraction of sp³-hybridized carbons (Fsp3) is 0.286. The molecule has 1 saturated heterocycles. The van der Waals surface area contributed by atoms with Gasteiger partial charge in [0, 0.05) is 25.1 Å². The van der Waals surface area contributed by atoms with Crippen molar-refractivity contribution in [1.29, 1.82) is 0 Å². The van der Waals surface area contributed by atoms with Crippen molar-refractivity contribution < 1.29 is 19.1 Å². The second-order valence-electron chi connectivity index (χ2n) is 8.47. The summed E-state index contributed by atoms with van der Waals surface area (Å²) in [5, 5.41) is 3.19. The van der Waals surface area contributed by atoms with Crippen molar-refractivity contribution in [3.05, 3.63) is 95.1 Å². The Hall–Kier alpha value is -3.80. The lowest BCUT2D eigenvalue weighted by atomic mass is 9.98. The molecule has 2 amide bonds. The summed E-state index contributed by atoms with van der Waals surface area (Å²) in [5.41, 5.74) is 3.70. The highest BCUT2D eigenvalue weighted by Crippen LogP contribution is 2.23. The van der Waals surface area contributed by atoms with E-state index in [4.69, 9.17) is 9.47 Å². The van der Waals surface area contributed by atoms with E-state index in [1.807, 2.05) is 77.7 Å². The van der Waals surface area contributed by atoms with Crippen LogP contribution in [-0.2, 0) is 17.8 Å². The number of nitrogens with one attached hydrogen (secondary N) is 1. The zero-order valence-electron chi connectivity index (χ0n) is 19.6. The van der Waals surface area contributed by atoms with Crippen LogP contribution in [0.5, 0.6) is 11.5 Å². The van der Waals surface area contributed by atoms with Gasteiger partial charge in [0.05, 0.1) is 20.3 Å². The molecule has 1 atom stereocenters. The standard InChI is InChI=1S/C28H30N2O4/c1-33-24-13-7-20(8-14-24)18-26(22-11-15-25(34-2)16-12-22)29-28(32)23-9-5-21(6-10-23)19-30-17-3-4-27(30)31/h5-16,26H,3-4,17-19H2,1-2H3,(H,29,32)/t26-/m1/s1. The minimum atomic E-state index is -0.214. The maximum atomic E-state index is 13.1. The van der Waals surface area contributed by atoms with E-state index in [1.54, 1.807) is 14.2 Å². The molecule has 0 aliphatic carbocycles. The Morgan fingerprint density at radius 1 is 0.882 bits per heavy atom. The number of carbonyl (C=O) groups is 2. The zero-order valence-corrected chi connectivity index (χ0v) is 19.6. The Kier molecular flexibility index (Phi) is 7.48. The van der Waals surface area contributed by atoms with Crippen molar-refractivity contribution in [1.82, 2.24) is 10.2 Å². The molecule has 4 rings (SSSR count). The maximum absolute atomic E-state index is 13.1. The van der Waals surface area contributed by atoms with Crippen LogP contribution in [0.2, 0.25) is 0 Å². The van der Waals surface area contributed by atoms with Gasteiger partial charge in [0.2, 0.25) is 5.91 Å². The lowest BCUT2D eigenvalue weighted by molar-refractivity contribution is -0.128. The highest BCUT2D eigenvalue weighted by atomic mass is 16.5. The molecule has 6 nitrogen and oxygen atoms in total. The third kappa shape index (κ3) is 5.76. The van der Waals surface area contributed by atoms with Crippen molar-refractivity contribution in [3.8, 4) is 11.5 Å². The molecule has 1 fully saturated rings. The Labute approximate surface area is 200 Å². The van der Waals surface area contributed by atoms with E-state index in [0.717, 1.165) is 41.2 Å². The summed E-state index contributed by atoms with van der Waals surface area (Å²) in [6, 6.07) is 22.9. The molecule has 1 aliphatic heterocycles. The molecule has 34 heavy (non-hydrogen) atoms. The molecular weight excluding hydrogens is 428 g/mol. The second-order valence-corrected chi connectivity index (χ2v) is 8.47. The van der Waals surface area contributed by atoms with Gasteiger partial charge in [0.15, 0.2) is 0 Å². The first-order valence-electron chi connectivity index (χ1n) is 11.5. The summed E-state index contributed by atoms with van der Waals surface area (Å²) >= 11 is 0. The Morgan fingerprint density at radius 2 is 1.47 bits per heavy atom. The van der Waals surface area contributed by atoms with Crippen molar-refractivity contribution in [2.75, 3.05) is 20.8 Å². The van der Waals surface area contributed by atoms with Gasteiger partial charge in [-0.05, 0) is 65.9 Å². The van der Waals surface area contributed by atoms with E-state index < -0.39 is 0 Å². The molecule has 0 unspecified atom stereocenters. The molecule has 0 aromatic heterocycles. The summed E-state index contributed by atoms with van der Waals surface area (Å²) in [6.45, 7) is 1.39. The number of nitrogens with zero attached hydrogens (tertiary/aromatic N) is 1. The topological polar surface area (TPSA) is 67.9 Å². The van der Waals surface area contributed by atoms with E-state index in [9.17, 15) is 9.59 Å². The smallest absolute Gasteiger partial charge is 0.251 e. The van der Waals surface area contributed by atoms with Crippen molar-refractivity contribution in [2.45, 2.75) is 31.8 Å². The number of benzene rings is 3. The van der Waals surface area contributed by atoms with Crippen LogP contribution in [-0.4, -0.2) is 37.5 Å². The van der Waals surface area contributed by atoms with Crippen LogP contribution in [0.3, 0.4) is 0 Å². The van der Waals surface area contributed by atoms with E-state index >= 15 is 0 Å². The SMILES string of the molecule is COc1ccc(C[C@@H](NC(=O)c2ccc(CN3CCCC3=O)cc2)c2ccc(OC)cc2)cc1. The fourth-order valence-electron chi connectivity index (χ4n) is 4.18. The number of amides is 2. The highest BCUT2D eigenvalue weighted by Gasteiger charge is 2.21. The normalized spacial score (nSPS) is 14.1. The van der Waals surface area contributed by atoms with Crippen LogP contribution in [0.4, 0.5) is 0 Å². The van der Waals surface area contributed by atoms with Crippen molar-refractivity contribution in [3.63, 3.8) is 0 Å². The van der Waals surface area contributed by atoms with Crippen LogP contribution < -0.4 is 14.8 Å². The predicted molar refractivity (Wildman–Crippen MR) is 131 cm³/mol. The first kappa shape index (κ1) is 23.4. The summed E-state index contributed by atoms with van der Waals surface area (Å²) in [4.78, 5) is 26.9. The fourth-order valence-corrected chi connectivity index (χ4v) is 4.18. The van der Waals surface area contributed by atoms with Crippen LogP contribution in [0.25, 0.3) is 0 Å². The molecular formula is C28H30N2O4. The van der Waals surface area contributed by atoms with E-state index in [-0.39, 0.29) is 17.9 Å². The number of carbonyl (C=O) groups excluding carboxylic acids is 2. The largest absolute Gasteiger partial charge is 0.497 e. The molecule has 1 heterocycles. The number of ether oxygens (including phenoxy) is 2. The average Bonchev–Trinajstić information content (AvgIpc) is 3.28. The third-order valence-electron chi connectivity index (χ3n) is 6.18. The molecule has 1 N–H and O–H groups in total. The Balaban J connectivity index is 1.48. The van der Waals surface area contributed by atoms with Gasteiger partial charge in [0.25, 0.3) is 5.91 Å². The van der Waals surface area contributed by atoms with Gasteiger partial charge in [-0.15, -0.1) is 0 Å². The van der Waals surface area contributed by atoms with Crippen LogP contribution in [0, 0.1) is 0 Å². The number of methoxy groups -OCH3 is 2. The van der Waals surface area contributed by atoms with E-state index in [2.05, 4.69) is 5.32 Å². The van der Waals surface area contributed by atoms with Gasteiger partial charge in [0.1, 0.15) is 11.5 Å². The Bertz CT molecular complexity index is 1110. The van der Waals surface area contributed by atoms with Gasteiger partial charge >= 0.3 is 0 Å². The zero-order chi connectivity index (χ0) is 23.9. The van der Waals surface area contributed by atoms with Gasteiger partial charge in [-0.25, -0.2) is 0 Å². The molecule has 0 saturated carbocycles. The van der Waals surface area contributed by atoms with E-state index in [1.165, 1.54) is 0 Å². The predicted octanol–water partition coefficient (Wildman–Crippen LogP) is 4.54. The molecule has 3 aromatic carbocycles. The number of hydrogen-bond acceptors (Lipinski definition) is 4.